The van der Waals surface area contributed by atoms with E-state index in [0.717, 1.165) is 18.1 Å². The average Bonchev–Trinajstić information content (AvgIpc) is 2.91. The molecule has 0 unspecified atom stereocenters. The normalized spacial score (nSPS) is 15.0. The van der Waals surface area contributed by atoms with Crippen molar-refractivity contribution in [1.29, 1.82) is 5.41 Å². The number of amidine groups is 1. The molecule has 2 aromatic rings. The molecule has 8 nitrogen and oxygen atoms in total. The quantitative estimate of drug-likeness (QED) is 0.569. The smallest absolute Gasteiger partial charge is 0.161 e. The first kappa shape index (κ1) is 17.6. The fourth-order valence-electron chi connectivity index (χ4n) is 2.69. The topological polar surface area (TPSA) is 107 Å². The van der Waals surface area contributed by atoms with Gasteiger partial charge in [0.15, 0.2) is 11.6 Å². The molecule has 9 heteroatoms. The van der Waals surface area contributed by atoms with Crippen LogP contribution in [-0.2, 0) is 0 Å². The third kappa shape index (κ3) is 3.56. The average molecular weight is 356 g/mol. The second kappa shape index (κ2) is 6.95. The molecule has 0 saturated heterocycles. The van der Waals surface area contributed by atoms with Crippen molar-refractivity contribution in [2.75, 3.05) is 28.8 Å². The summed E-state index contributed by atoms with van der Waals surface area (Å²) in [5.74, 6) is 1.56. The molecule has 0 aliphatic carbocycles. The molecule has 1 aliphatic rings. The maximum Gasteiger partial charge on any atom is 0.161 e. The van der Waals surface area contributed by atoms with Gasteiger partial charge in [-0.1, -0.05) is 0 Å². The van der Waals surface area contributed by atoms with E-state index in [4.69, 9.17) is 11.1 Å². The predicted octanol–water partition coefficient (Wildman–Crippen LogP) is 2.24. The molecule has 3 heterocycles. The Labute approximate surface area is 151 Å². The summed E-state index contributed by atoms with van der Waals surface area (Å²) in [6.45, 7) is 4.13. The summed E-state index contributed by atoms with van der Waals surface area (Å²) in [6.07, 6.45) is 3.87. The molecular weight excluding hydrogens is 335 g/mol. The number of rotatable bonds is 4. The van der Waals surface area contributed by atoms with E-state index in [9.17, 15) is 4.39 Å². The molecule has 0 radical (unpaired) electrons. The Morgan fingerprint density at radius 3 is 2.73 bits per heavy atom. The second-order valence-corrected chi connectivity index (χ2v) is 6.21. The Morgan fingerprint density at radius 1 is 1.38 bits per heavy atom. The summed E-state index contributed by atoms with van der Waals surface area (Å²) < 4.78 is 13.0. The first-order valence-electron chi connectivity index (χ1n) is 8.11. The molecule has 2 aromatic heterocycles. The third-order valence-corrected chi connectivity index (χ3v) is 3.92. The minimum atomic E-state index is -0.475. The molecule has 0 spiro atoms. The number of nitrogens with one attached hydrogen (secondary N) is 2. The molecule has 26 heavy (non-hydrogen) atoms. The molecule has 0 aromatic carbocycles. The van der Waals surface area contributed by atoms with E-state index in [1.165, 1.54) is 0 Å². The minimum Gasteiger partial charge on any atom is -0.402 e. The number of hydrogen-bond acceptors (Lipinski definition) is 7. The van der Waals surface area contributed by atoms with Gasteiger partial charge < -0.3 is 16.0 Å². The van der Waals surface area contributed by atoms with Crippen LogP contribution in [-0.4, -0.2) is 34.5 Å². The Balaban J connectivity index is 1.84. The van der Waals surface area contributed by atoms with Gasteiger partial charge in [0.1, 0.15) is 17.5 Å². The van der Waals surface area contributed by atoms with E-state index in [1.807, 2.05) is 31.0 Å². The fraction of sp³-hybridized carbons (Fsp3) is 0.294. The lowest BCUT2D eigenvalue weighted by molar-refractivity contribution is 0.604. The summed E-state index contributed by atoms with van der Waals surface area (Å²) in [7, 11) is 1.94. The lowest BCUT2D eigenvalue weighted by Crippen LogP contribution is -2.33. The van der Waals surface area contributed by atoms with E-state index >= 15 is 0 Å². The van der Waals surface area contributed by atoms with Gasteiger partial charge in [-0.3, -0.25) is 10.3 Å². The molecular formula is C17H21FN8. The number of allylic oxidation sites excluding steroid dienone is 1. The Hall–Kier alpha value is -3.23. The third-order valence-electron chi connectivity index (χ3n) is 3.92. The van der Waals surface area contributed by atoms with E-state index in [0.29, 0.717) is 29.8 Å². The van der Waals surface area contributed by atoms with Crippen LogP contribution in [0.1, 0.15) is 25.7 Å². The van der Waals surface area contributed by atoms with Gasteiger partial charge in [0.25, 0.3) is 0 Å². The zero-order chi connectivity index (χ0) is 18.8. The summed E-state index contributed by atoms with van der Waals surface area (Å²) in [5.41, 5.74) is 7.18. The molecule has 136 valence electrons. The van der Waals surface area contributed by atoms with Crippen molar-refractivity contribution in [3.05, 3.63) is 47.9 Å². The highest BCUT2D eigenvalue weighted by atomic mass is 19.1. The van der Waals surface area contributed by atoms with Crippen molar-refractivity contribution in [3.63, 3.8) is 0 Å². The minimum absolute atomic E-state index is 0.251. The van der Waals surface area contributed by atoms with E-state index in [2.05, 4.69) is 20.3 Å². The first-order chi connectivity index (χ1) is 12.3. The van der Waals surface area contributed by atoms with Gasteiger partial charge in [-0.25, -0.2) is 19.3 Å². The van der Waals surface area contributed by atoms with Crippen LogP contribution in [0.25, 0.3) is 0 Å². The van der Waals surface area contributed by atoms with Gasteiger partial charge in [-0.05, 0) is 32.1 Å². The lowest BCUT2D eigenvalue weighted by atomic mass is 10.3. The van der Waals surface area contributed by atoms with Crippen molar-refractivity contribution in [1.82, 2.24) is 15.0 Å². The Kier molecular flexibility index (Phi) is 4.70. The highest BCUT2D eigenvalue weighted by molar-refractivity contribution is 6.06. The van der Waals surface area contributed by atoms with Gasteiger partial charge in [0.05, 0.1) is 30.8 Å². The summed E-state index contributed by atoms with van der Waals surface area (Å²) >= 11 is 0. The van der Waals surface area contributed by atoms with Gasteiger partial charge in [-0.15, -0.1) is 0 Å². The van der Waals surface area contributed by atoms with E-state index in [1.54, 1.807) is 17.9 Å². The van der Waals surface area contributed by atoms with Crippen LogP contribution in [0.2, 0.25) is 0 Å². The van der Waals surface area contributed by atoms with Crippen LogP contribution in [0, 0.1) is 11.2 Å². The number of nitrogens with two attached hydrogens (primary N) is 1. The summed E-state index contributed by atoms with van der Waals surface area (Å²) in [4.78, 5) is 16.4. The maximum atomic E-state index is 13.0. The monoisotopic (exact) mass is 356 g/mol. The van der Waals surface area contributed by atoms with Crippen molar-refractivity contribution < 1.29 is 4.39 Å². The molecule has 0 bridgehead atoms. The number of hydrogen-bond donors (Lipinski definition) is 3. The highest BCUT2D eigenvalue weighted by Crippen LogP contribution is 2.35. The van der Waals surface area contributed by atoms with Gasteiger partial charge in [-0.2, -0.15) is 0 Å². The van der Waals surface area contributed by atoms with Crippen molar-refractivity contribution in [3.8, 4) is 0 Å². The van der Waals surface area contributed by atoms with Crippen LogP contribution in [0.5, 0.6) is 0 Å². The van der Waals surface area contributed by atoms with E-state index in [-0.39, 0.29) is 11.9 Å². The van der Waals surface area contributed by atoms with Gasteiger partial charge in [0.2, 0.25) is 0 Å². The summed E-state index contributed by atoms with van der Waals surface area (Å²) in [5, 5.41) is 11.4. The molecule has 0 fully saturated rings. The number of pyridine rings is 1. The van der Waals surface area contributed by atoms with Gasteiger partial charge in [0, 0.05) is 12.7 Å². The highest BCUT2D eigenvalue weighted by Gasteiger charge is 2.27. The largest absolute Gasteiger partial charge is 0.402 e. The van der Waals surface area contributed by atoms with Crippen LogP contribution in [0.3, 0.4) is 0 Å². The van der Waals surface area contributed by atoms with Crippen LogP contribution >= 0.6 is 0 Å². The molecule has 1 aliphatic heterocycles. The second-order valence-electron chi connectivity index (χ2n) is 6.21. The molecule has 0 amide bonds. The molecule has 1 atom stereocenters. The lowest BCUT2D eigenvalue weighted by Gasteiger charge is -2.18. The SMILES string of the molecule is C/C(N)=C/C(=N)N1CN(C)c2ccc(N[C@@H](C)c3ncc(F)cn3)nc21. The number of fused-ring (bicyclic) bond motifs is 1. The predicted molar refractivity (Wildman–Crippen MR) is 99.7 cm³/mol. The zero-order valence-electron chi connectivity index (χ0n) is 14.9. The maximum absolute atomic E-state index is 13.0. The van der Waals surface area contributed by atoms with Crippen LogP contribution in [0.15, 0.2) is 36.3 Å². The van der Waals surface area contributed by atoms with Crippen molar-refractivity contribution in [2.45, 2.75) is 19.9 Å². The van der Waals surface area contributed by atoms with Crippen LogP contribution in [0.4, 0.5) is 21.7 Å². The number of halogens is 1. The zero-order valence-corrected chi connectivity index (χ0v) is 14.9. The number of anilines is 3. The van der Waals surface area contributed by atoms with Crippen LogP contribution < -0.4 is 20.9 Å². The Morgan fingerprint density at radius 2 is 2.08 bits per heavy atom. The molecule has 4 N–H and O–H groups in total. The summed E-state index contributed by atoms with van der Waals surface area (Å²) in [6, 6.07) is 3.54. The fourth-order valence-corrected chi connectivity index (χ4v) is 2.69. The number of nitrogens with zero attached hydrogens (tertiary/aromatic N) is 5. The van der Waals surface area contributed by atoms with Crippen molar-refractivity contribution >= 4 is 23.2 Å². The molecule has 0 saturated carbocycles. The van der Waals surface area contributed by atoms with E-state index < -0.39 is 5.82 Å². The Bertz CT molecular complexity index is 844. The van der Waals surface area contributed by atoms with Gasteiger partial charge >= 0.3 is 0 Å². The standard InChI is InChI=1S/C17H21FN8/c1-10(19)6-14(20)26-9-25(3)13-4-5-15(24-17(13)26)23-11(2)16-21-7-12(18)8-22-16/h4-8,11,20H,9,19H2,1-3H3,(H,23,24)/b10-6-,20-14?/t11-/m0/s1. The number of aromatic nitrogens is 3. The molecule has 3 rings (SSSR count). The first-order valence-corrected chi connectivity index (χ1v) is 8.11. The van der Waals surface area contributed by atoms with Crippen molar-refractivity contribution in [2.24, 2.45) is 5.73 Å².